The van der Waals surface area contributed by atoms with E-state index in [9.17, 15) is 0 Å². The van der Waals surface area contributed by atoms with E-state index in [0.29, 0.717) is 0 Å². The van der Waals surface area contributed by atoms with Gasteiger partial charge in [0.25, 0.3) is 0 Å². The number of hydrogen-bond acceptors (Lipinski definition) is 4. The van der Waals surface area contributed by atoms with Gasteiger partial charge in [0.1, 0.15) is 18.0 Å². The standard InChI is InChI=1S/C14H17ClN4/c1-19(2)14-9-13(17-10-18-14)16-8-7-11-3-5-12(15)6-4-11/h3-6,9-10H,7-8H2,1-2H3,(H,16,17,18). The van der Waals surface area contributed by atoms with E-state index in [2.05, 4.69) is 15.3 Å². The minimum atomic E-state index is 0.767. The van der Waals surface area contributed by atoms with E-state index >= 15 is 0 Å². The SMILES string of the molecule is CN(C)c1cc(NCCc2ccc(Cl)cc2)ncn1. The van der Waals surface area contributed by atoms with Crippen LogP contribution in [0.25, 0.3) is 0 Å². The molecular weight excluding hydrogens is 260 g/mol. The molecule has 2 rings (SSSR count). The van der Waals surface area contributed by atoms with Crippen LogP contribution in [0.4, 0.5) is 11.6 Å². The zero-order valence-corrected chi connectivity index (χ0v) is 11.9. The zero-order chi connectivity index (χ0) is 13.7. The lowest BCUT2D eigenvalue weighted by Gasteiger charge is -2.12. The number of rotatable bonds is 5. The van der Waals surface area contributed by atoms with E-state index in [1.165, 1.54) is 5.56 Å². The first-order chi connectivity index (χ1) is 9.15. The third-order valence-electron chi connectivity index (χ3n) is 2.74. The first-order valence-electron chi connectivity index (χ1n) is 6.13. The Morgan fingerprint density at radius 1 is 1.16 bits per heavy atom. The van der Waals surface area contributed by atoms with Crippen molar-refractivity contribution in [3.05, 3.63) is 47.2 Å². The second-order valence-corrected chi connectivity index (χ2v) is 4.90. The molecule has 1 heterocycles. The number of nitrogens with one attached hydrogen (secondary N) is 1. The van der Waals surface area contributed by atoms with E-state index in [4.69, 9.17) is 11.6 Å². The fraction of sp³-hybridized carbons (Fsp3) is 0.286. The van der Waals surface area contributed by atoms with Gasteiger partial charge in [-0.25, -0.2) is 9.97 Å². The molecule has 0 aliphatic heterocycles. The molecule has 0 spiro atoms. The summed E-state index contributed by atoms with van der Waals surface area (Å²) in [5, 5.41) is 4.06. The fourth-order valence-electron chi connectivity index (χ4n) is 1.67. The minimum Gasteiger partial charge on any atom is -0.370 e. The molecule has 0 fully saturated rings. The highest BCUT2D eigenvalue weighted by Crippen LogP contribution is 2.12. The number of anilines is 2. The summed E-state index contributed by atoms with van der Waals surface area (Å²) in [6.07, 6.45) is 2.50. The largest absolute Gasteiger partial charge is 0.370 e. The van der Waals surface area contributed by atoms with E-state index in [0.717, 1.165) is 29.6 Å². The Hall–Kier alpha value is -1.81. The highest BCUT2D eigenvalue weighted by atomic mass is 35.5. The molecule has 2 aromatic rings. The third-order valence-corrected chi connectivity index (χ3v) is 3.00. The molecule has 0 aliphatic rings. The summed E-state index contributed by atoms with van der Waals surface area (Å²) < 4.78 is 0. The Morgan fingerprint density at radius 3 is 2.58 bits per heavy atom. The van der Waals surface area contributed by atoms with Crippen LogP contribution in [0.2, 0.25) is 5.02 Å². The molecule has 0 atom stereocenters. The molecule has 0 saturated heterocycles. The van der Waals surface area contributed by atoms with Gasteiger partial charge in [0.15, 0.2) is 0 Å². The van der Waals surface area contributed by atoms with Crippen molar-refractivity contribution in [2.45, 2.75) is 6.42 Å². The quantitative estimate of drug-likeness (QED) is 0.912. The van der Waals surface area contributed by atoms with E-state index in [1.807, 2.05) is 49.3 Å². The first-order valence-corrected chi connectivity index (χ1v) is 6.50. The molecule has 0 bridgehead atoms. The Labute approximate surface area is 118 Å². The molecule has 1 aromatic carbocycles. The molecule has 0 unspecified atom stereocenters. The number of hydrogen-bond donors (Lipinski definition) is 1. The lowest BCUT2D eigenvalue weighted by molar-refractivity contribution is 0.987. The van der Waals surface area contributed by atoms with Crippen LogP contribution in [0.3, 0.4) is 0 Å². The molecule has 100 valence electrons. The summed E-state index contributed by atoms with van der Waals surface area (Å²) >= 11 is 5.85. The van der Waals surface area contributed by atoms with Gasteiger partial charge in [0.2, 0.25) is 0 Å². The van der Waals surface area contributed by atoms with Gasteiger partial charge < -0.3 is 10.2 Å². The van der Waals surface area contributed by atoms with Crippen molar-refractivity contribution in [1.29, 1.82) is 0 Å². The van der Waals surface area contributed by atoms with Gasteiger partial charge >= 0.3 is 0 Å². The summed E-state index contributed by atoms with van der Waals surface area (Å²) in [5.41, 5.74) is 1.25. The van der Waals surface area contributed by atoms with Gasteiger partial charge in [-0.3, -0.25) is 0 Å². The highest BCUT2D eigenvalue weighted by molar-refractivity contribution is 6.30. The Morgan fingerprint density at radius 2 is 1.89 bits per heavy atom. The summed E-state index contributed by atoms with van der Waals surface area (Å²) in [5.74, 6) is 1.73. The van der Waals surface area contributed by atoms with Crippen molar-refractivity contribution in [1.82, 2.24) is 9.97 Å². The maximum absolute atomic E-state index is 5.85. The molecule has 1 N–H and O–H groups in total. The van der Waals surface area contributed by atoms with Gasteiger partial charge in [0.05, 0.1) is 0 Å². The predicted molar refractivity (Wildman–Crippen MR) is 80.0 cm³/mol. The summed E-state index contributed by atoms with van der Waals surface area (Å²) in [6, 6.07) is 9.82. The normalized spacial score (nSPS) is 10.3. The Kier molecular flexibility index (Phi) is 4.58. The van der Waals surface area contributed by atoms with Crippen LogP contribution >= 0.6 is 11.6 Å². The summed E-state index contributed by atoms with van der Waals surface area (Å²) in [6.45, 7) is 0.825. The third kappa shape index (κ3) is 4.10. The number of nitrogens with zero attached hydrogens (tertiary/aromatic N) is 3. The van der Waals surface area contributed by atoms with Gasteiger partial charge in [-0.2, -0.15) is 0 Å². The minimum absolute atomic E-state index is 0.767. The second-order valence-electron chi connectivity index (χ2n) is 4.46. The van der Waals surface area contributed by atoms with Crippen molar-refractivity contribution in [3.63, 3.8) is 0 Å². The topological polar surface area (TPSA) is 41.0 Å². The van der Waals surface area contributed by atoms with Crippen molar-refractivity contribution in [2.24, 2.45) is 0 Å². The summed E-state index contributed by atoms with van der Waals surface area (Å²) in [7, 11) is 3.92. The van der Waals surface area contributed by atoms with E-state index in [1.54, 1.807) is 6.33 Å². The average molecular weight is 277 g/mol. The molecule has 0 aliphatic carbocycles. The fourth-order valence-corrected chi connectivity index (χ4v) is 1.80. The molecule has 19 heavy (non-hydrogen) atoms. The molecule has 0 amide bonds. The maximum atomic E-state index is 5.85. The molecule has 5 heteroatoms. The first kappa shape index (κ1) is 13.6. The number of aromatic nitrogens is 2. The molecule has 1 aromatic heterocycles. The predicted octanol–water partition coefficient (Wildman–Crippen LogP) is 2.85. The second kappa shape index (κ2) is 6.38. The lowest BCUT2D eigenvalue weighted by Crippen LogP contribution is -2.12. The van der Waals surface area contributed by atoms with E-state index in [-0.39, 0.29) is 0 Å². The van der Waals surface area contributed by atoms with Crippen LogP contribution < -0.4 is 10.2 Å². The van der Waals surface area contributed by atoms with Crippen molar-refractivity contribution < 1.29 is 0 Å². The van der Waals surface area contributed by atoms with Gasteiger partial charge in [0, 0.05) is 31.7 Å². The van der Waals surface area contributed by atoms with Crippen molar-refractivity contribution in [2.75, 3.05) is 30.9 Å². The molecule has 0 radical (unpaired) electrons. The number of benzene rings is 1. The zero-order valence-electron chi connectivity index (χ0n) is 11.1. The average Bonchev–Trinajstić information content (AvgIpc) is 2.41. The number of halogens is 1. The highest BCUT2D eigenvalue weighted by Gasteiger charge is 2.00. The Balaban J connectivity index is 1.88. The van der Waals surface area contributed by atoms with E-state index < -0.39 is 0 Å². The maximum Gasteiger partial charge on any atom is 0.133 e. The van der Waals surface area contributed by atoms with Crippen LogP contribution in [0.5, 0.6) is 0 Å². The van der Waals surface area contributed by atoms with Crippen LogP contribution in [0.1, 0.15) is 5.56 Å². The van der Waals surface area contributed by atoms with Crippen LogP contribution in [-0.4, -0.2) is 30.6 Å². The Bertz CT molecular complexity index is 525. The van der Waals surface area contributed by atoms with Crippen LogP contribution in [0.15, 0.2) is 36.7 Å². The van der Waals surface area contributed by atoms with Gasteiger partial charge in [-0.05, 0) is 24.1 Å². The summed E-state index contributed by atoms with van der Waals surface area (Å²) in [4.78, 5) is 10.3. The molecular formula is C14H17ClN4. The van der Waals surface area contributed by atoms with Crippen molar-refractivity contribution in [3.8, 4) is 0 Å². The van der Waals surface area contributed by atoms with Crippen molar-refractivity contribution >= 4 is 23.2 Å². The van der Waals surface area contributed by atoms with Crippen LogP contribution in [0, 0.1) is 0 Å². The molecule has 4 nitrogen and oxygen atoms in total. The monoisotopic (exact) mass is 276 g/mol. The molecule has 0 saturated carbocycles. The van der Waals surface area contributed by atoms with Gasteiger partial charge in [-0.1, -0.05) is 23.7 Å². The lowest BCUT2D eigenvalue weighted by atomic mass is 10.1. The van der Waals surface area contributed by atoms with Crippen LogP contribution in [-0.2, 0) is 6.42 Å². The smallest absolute Gasteiger partial charge is 0.133 e. The van der Waals surface area contributed by atoms with Gasteiger partial charge in [-0.15, -0.1) is 0 Å².